The van der Waals surface area contributed by atoms with Gasteiger partial charge in [0.2, 0.25) is 0 Å². The predicted octanol–water partition coefficient (Wildman–Crippen LogP) is 3.05. The van der Waals surface area contributed by atoms with Crippen LogP contribution in [0.15, 0.2) is 18.2 Å². The fourth-order valence-electron chi connectivity index (χ4n) is 3.72. The highest BCUT2D eigenvalue weighted by molar-refractivity contribution is 5.71. The number of fused-ring (bicyclic) bond motifs is 2. The minimum atomic E-state index is -0.556. The van der Waals surface area contributed by atoms with Crippen molar-refractivity contribution < 1.29 is 14.5 Å². The Labute approximate surface area is 152 Å². The number of anilines is 1. The molecule has 8 heteroatoms. The van der Waals surface area contributed by atoms with E-state index in [-0.39, 0.29) is 29.4 Å². The largest absolute Gasteiger partial charge is 0.444 e. The van der Waals surface area contributed by atoms with Crippen LogP contribution in [0.1, 0.15) is 39.2 Å². The quantitative estimate of drug-likeness (QED) is 0.595. The molecule has 0 N–H and O–H groups in total. The summed E-state index contributed by atoms with van der Waals surface area (Å²) in [6, 6.07) is 6.39. The van der Waals surface area contributed by atoms with E-state index < -0.39 is 10.5 Å². The summed E-state index contributed by atoms with van der Waals surface area (Å²) in [6.45, 7) is 6.54. The summed E-state index contributed by atoms with van der Waals surface area (Å²) in [5, 5.41) is 20.4. The third-order valence-electron chi connectivity index (χ3n) is 4.73. The number of benzene rings is 1. The number of hydrogen-bond acceptors (Lipinski definition) is 6. The molecule has 138 valence electrons. The summed E-state index contributed by atoms with van der Waals surface area (Å²) in [7, 11) is 0. The van der Waals surface area contributed by atoms with Crippen LogP contribution >= 0.6 is 0 Å². The number of nitriles is 1. The van der Waals surface area contributed by atoms with Crippen LogP contribution in [0.4, 0.5) is 16.2 Å². The highest BCUT2D eigenvalue weighted by Gasteiger charge is 2.45. The van der Waals surface area contributed by atoms with E-state index >= 15 is 0 Å². The molecule has 0 aromatic heterocycles. The third kappa shape index (κ3) is 3.43. The zero-order valence-corrected chi connectivity index (χ0v) is 15.1. The Bertz CT molecular complexity index is 766. The van der Waals surface area contributed by atoms with Crippen LogP contribution in [-0.2, 0) is 4.74 Å². The Hall–Kier alpha value is -2.82. The summed E-state index contributed by atoms with van der Waals surface area (Å²) in [6.07, 6.45) is 1.38. The van der Waals surface area contributed by atoms with Gasteiger partial charge in [0, 0.05) is 19.2 Å². The molecule has 1 aromatic carbocycles. The first-order valence-electron chi connectivity index (χ1n) is 8.64. The van der Waals surface area contributed by atoms with Crippen LogP contribution in [0.5, 0.6) is 0 Å². The highest BCUT2D eigenvalue weighted by atomic mass is 16.6. The molecular formula is C18H22N4O4. The first-order valence-corrected chi connectivity index (χ1v) is 8.64. The van der Waals surface area contributed by atoms with Gasteiger partial charge in [-0.3, -0.25) is 15.0 Å². The van der Waals surface area contributed by atoms with Crippen LogP contribution in [0.25, 0.3) is 0 Å². The van der Waals surface area contributed by atoms with E-state index in [9.17, 15) is 14.9 Å². The normalized spacial score (nSPS) is 22.1. The van der Waals surface area contributed by atoms with Gasteiger partial charge in [-0.05, 0) is 45.7 Å². The number of ether oxygens (including phenoxy) is 1. The lowest BCUT2D eigenvalue weighted by atomic mass is 10.1. The third-order valence-corrected chi connectivity index (χ3v) is 4.73. The van der Waals surface area contributed by atoms with Crippen LogP contribution < -0.4 is 4.90 Å². The summed E-state index contributed by atoms with van der Waals surface area (Å²) in [5.74, 6) is 0. The summed E-state index contributed by atoms with van der Waals surface area (Å²) < 4.78 is 5.52. The van der Waals surface area contributed by atoms with Crippen LogP contribution in [0.2, 0.25) is 0 Å². The number of nitrogens with zero attached hydrogens (tertiary/aromatic N) is 4. The fraction of sp³-hybridized carbons (Fsp3) is 0.556. The van der Waals surface area contributed by atoms with Crippen LogP contribution in [0, 0.1) is 21.4 Å². The van der Waals surface area contributed by atoms with Gasteiger partial charge in [-0.25, -0.2) is 4.79 Å². The van der Waals surface area contributed by atoms with Crippen molar-refractivity contribution in [2.45, 2.75) is 51.3 Å². The number of rotatable bonds is 2. The maximum Gasteiger partial charge on any atom is 0.410 e. The number of carbonyl (C=O) groups excluding carboxylic acids is 1. The van der Waals surface area contributed by atoms with Crippen LogP contribution in [0.3, 0.4) is 0 Å². The van der Waals surface area contributed by atoms with Gasteiger partial charge >= 0.3 is 6.09 Å². The van der Waals surface area contributed by atoms with Crippen molar-refractivity contribution in [3.63, 3.8) is 0 Å². The second kappa shape index (κ2) is 6.48. The van der Waals surface area contributed by atoms with E-state index in [4.69, 9.17) is 10.00 Å². The van der Waals surface area contributed by atoms with Gasteiger partial charge in [0.1, 0.15) is 11.3 Å². The summed E-state index contributed by atoms with van der Waals surface area (Å²) in [5.41, 5.74) is 0.124. The molecule has 2 unspecified atom stereocenters. The molecule has 8 nitrogen and oxygen atoms in total. The molecule has 2 aliphatic heterocycles. The molecule has 2 bridgehead atoms. The lowest BCUT2D eigenvalue weighted by Crippen LogP contribution is -2.56. The fourth-order valence-corrected chi connectivity index (χ4v) is 3.72. The molecular weight excluding hydrogens is 336 g/mol. The molecule has 0 aliphatic carbocycles. The molecule has 0 saturated carbocycles. The van der Waals surface area contributed by atoms with Crippen molar-refractivity contribution in [1.82, 2.24) is 4.90 Å². The number of nitro benzene ring substituents is 1. The molecule has 0 radical (unpaired) electrons. The van der Waals surface area contributed by atoms with Gasteiger partial charge in [0.05, 0.1) is 28.6 Å². The SMILES string of the molecule is CC(C)(C)OC(=O)N1C2CCC1CN(c1ccc(C#N)cc1[N+](=O)[O-])C2. The highest BCUT2D eigenvalue weighted by Crippen LogP contribution is 2.37. The number of piperazine rings is 1. The second-order valence-electron chi connectivity index (χ2n) is 7.75. The minimum absolute atomic E-state index is 0.0288. The molecule has 2 aliphatic rings. The molecule has 1 amide bonds. The van der Waals surface area contributed by atoms with E-state index in [2.05, 4.69) is 0 Å². The zero-order valence-electron chi connectivity index (χ0n) is 15.1. The van der Waals surface area contributed by atoms with Gasteiger partial charge in [-0.15, -0.1) is 0 Å². The Morgan fingerprint density at radius 3 is 2.42 bits per heavy atom. The van der Waals surface area contributed by atoms with E-state index in [1.807, 2.05) is 31.7 Å². The molecule has 2 atom stereocenters. The molecule has 26 heavy (non-hydrogen) atoms. The summed E-state index contributed by atoms with van der Waals surface area (Å²) in [4.78, 5) is 27.2. The van der Waals surface area contributed by atoms with E-state index in [0.717, 1.165) is 12.8 Å². The Morgan fingerprint density at radius 1 is 1.31 bits per heavy atom. The van der Waals surface area contributed by atoms with Crippen LogP contribution in [-0.4, -0.2) is 46.7 Å². The molecule has 0 spiro atoms. The average molecular weight is 358 g/mol. The van der Waals surface area contributed by atoms with E-state index in [1.54, 1.807) is 17.0 Å². The van der Waals surface area contributed by atoms with Crippen molar-refractivity contribution in [1.29, 1.82) is 5.26 Å². The van der Waals surface area contributed by atoms with E-state index in [1.165, 1.54) is 6.07 Å². The molecule has 3 rings (SSSR count). The molecule has 1 aromatic rings. The monoisotopic (exact) mass is 358 g/mol. The standard InChI is InChI=1S/C18H22N4O4/c1-18(2,3)26-17(23)21-13-5-6-14(21)11-20(10-13)15-7-4-12(9-19)8-16(15)22(24)25/h4,7-8,13-14H,5-6,10-11H2,1-3H3. The Kier molecular flexibility index (Phi) is 4.48. The first-order chi connectivity index (χ1) is 12.2. The van der Waals surface area contributed by atoms with Gasteiger partial charge in [0.15, 0.2) is 0 Å². The molecule has 2 fully saturated rings. The van der Waals surface area contributed by atoms with Crippen molar-refractivity contribution in [2.75, 3.05) is 18.0 Å². The average Bonchev–Trinajstić information content (AvgIpc) is 2.83. The topological polar surface area (TPSA) is 99.7 Å². The number of hydrogen-bond donors (Lipinski definition) is 0. The van der Waals surface area contributed by atoms with Crippen molar-refractivity contribution in [3.05, 3.63) is 33.9 Å². The predicted molar refractivity (Wildman–Crippen MR) is 94.9 cm³/mol. The molecule has 2 heterocycles. The van der Waals surface area contributed by atoms with Crippen molar-refractivity contribution >= 4 is 17.5 Å². The number of nitro groups is 1. The lowest BCUT2D eigenvalue weighted by molar-refractivity contribution is -0.384. The Balaban J connectivity index is 1.83. The van der Waals surface area contributed by atoms with Gasteiger partial charge in [-0.2, -0.15) is 5.26 Å². The lowest BCUT2D eigenvalue weighted by Gasteiger charge is -2.42. The first kappa shape index (κ1) is 18.0. The van der Waals surface area contributed by atoms with Gasteiger partial charge in [0.25, 0.3) is 5.69 Å². The Morgan fingerprint density at radius 2 is 1.92 bits per heavy atom. The maximum absolute atomic E-state index is 12.5. The maximum atomic E-state index is 12.5. The minimum Gasteiger partial charge on any atom is -0.444 e. The van der Waals surface area contributed by atoms with Gasteiger partial charge < -0.3 is 9.64 Å². The smallest absolute Gasteiger partial charge is 0.410 e. The molecule has 2 saturated heterocycles. The number of carbonyl (C=O) groups is 1. The van der Waals surface area contributed by atoms with E-state index in [0.29, 0.717) is 18.8 Å². The van der Waals surface area contributed by atoms with Crippen molar-refractivity contribution in [3.8, 4) is 6.07 Å². The number of amides is 1. The zero-order chi connectivity index (χ0) is 19.1. The van der Waals surface area contributed by atoms with Gasteiger partial charge in [-0.1, -0.05) is 0 Å². The summed E-state index contributed by atoms with van der Waals surface area (Å²) >= 11 is 0. The van der Waals surface area contributed by atoms with Crippen molar-refractivity contribution in [2.24, 2.45) is 0 Å². The second-order valence-corrected chi connectivity index (χ2v) is 7.75.